The monoisotopic (exact) mass is 1080 g/mol. The summed E-state index contributed by atoms with van der Waals surface area (Å²) < 4.78 is 12.0. The molecule has 18 nitrogen and oxygen atoms in total. The number of aliphatic hydroxyl groups is 2. The summed E-state index contributed by atoms with van der Waals surface area (Å²) in [6.07, 6.45) is 2.26. The molecule has 430 valence electrons. The summed E-state index contributed by atoms with van der Waals surface area (Å²) in [5.41, 5.74) is 2.63. The lowest BCUT2D eigenvalue weighted by Gasteiger charge is -2.41. The quantitative estimate of drug-likeness (QED) is 0.0435. The van der Waals surface area contributed by atoms with Crippen LogP contribution in [0.25, 0.3) is 0 Å². The third-order valence-corrected chi connectivity index (χ3v) is 16.0. The van der Waals surface area contributed by atoms with Crippen molar-refractivity contribution in [3.8, 4) is 0 Å². The molecular weight excluding hydrogens is 983 g/mol. The molecule has 0 radical (unpaired) electrons. The average Bonchev–Trinajstić information content (AvgIpc) is 3.98. The number of aliphatic hydroxyl groups excluding tert-OH is 1. The standard InChI is InChI=1S/C59H93N7O11/c1-14-39(6)53(47(76-12)36-50(69)65-32-21-24-46(65)54(77-13)41(8)55(70)60-45(59(74)75)35-43-22-17-15-18-23-43)64(11)58(73)51(37(2)3)61-56(71)52(38(4)5)62(9)33-30-42-26-28-44(29-27-42)63(10)48(67)25-19-16-20-31-66-49(68)34-40(7)57(66)72/h15,17-18,22-23,26-29,37-41,45-47,51-54,59,74-75H,14,16,19-21,24-25,30-36H2,1-13H3,(H,60,70)(H,61,71)/t39-,40?,41+,45-,46-,47+,51-,52-,53-,54+/m0/s1. The number of ether oxygens (including phenoxy) is 2. The fraction of sp³-hybridized carbons (Fsp3) is 0.678. The predicted octanol–water partition coefficient (Wildman–Crippen LogP) is 5.20. The van der Waals surface area contributed by atoms with Gasteiger partial charge in [0.1, 0.15) is 6.04 Å². The summed E-state index contributed by atoms with van der Waals surface area (Å²) in [5, 5.41) is 26.3. The highest BCUT2D eigenvalue weighted by atomic mass is 16.5. The van der Waals surface area contributed by atoms with Crippen LogP contribution in [0.5, 0.6) is 0 Å². The summed E-state index contributed by atoms with van der Waals surface area (Å²) in [4.78, 5) is 103. The number of rotatable bonds is 31. The lowest BCUT2D eigenvalue weighted by Crippen LogP contribution is -2.60. The van der Waals surface area contributed by atoms with E-state index in [1.165, 1.54) is 19.1 Å². The van der Waals surface area contributed by atoms with E-state index in [-0.39, 0.29) is 78.4 Å². The number of methoxy groups -OCH3 is 2. The Labute approximate surface area is 458 Å². The molecule has 77 heavy (non-hydrogen) atoms. The second kappa shape index (κ2) is 30.8. The number of nitrogens with zero attached hydrogens (tertiary/aromatic N) is 5. The normalized spacial score (nSPS) is 19.1. The van der Waals surface area contributed by atoms with Crippen molar-refractivity contribution in [2.24, 2.45) is 29.6 Å². The van der Waals surface area contributed by atoms with Crippen LogP contribution in [-0.4, -0.2) is 175 Å². The van der Waals surface area contributed by atoms with Gasteiger partial charge in [0.25, 0.3) is 0 Å². The SMILES string of the molecule is CC[C@H](C)[C@@H]([C@@H](CC(=O)N1CCC[C@H]1[C@H](OC)[C@@H](C)C(=O)N[C@@H](Cc1ccccc1)C(O)O)OC)N(C)C(=O)[C@@H](NC(=O)[C@H](C(C)C)N(C)CCc1ccc(N(C)C(=O)CCCCCN2C(=O)CC(C)C2=O)cc1)C(C)C. The van der Waals surface area contributed by atoms with Crippen molar-refractivity contribution in [1.29, 1.82) is 0 Å². The van der Waals surface area contributed by atoms with Crippen molar-refractivity contribution in [3.63, 3.8) is 0 Å². The van der Waals surface area contributed by atoms with Crippen LogP contribution >= 0.6 is 0 Å². The van der Waals surface area contributed by atoms with Crippen LogP contribution in [0.15, 0.2) is 54.6 Å². The molecule has 0 aliphatic carbocycles. The topological polar surface area (TPSA) is 219 Å². The molecule has 0 aromatic heterocycles. The smallest absolute Gasteiger partial charge is 0.245 e. The molecule has 1 unspecified atom stereocenters. The van der Waals surface area contributed by atoms with E-state index in [1.54, 1.807) is 42.6 Å². The van der Waals surface area contributed by atoms with Crippen LogP contribution in [0.3, 0.4) is 0 Å². The Morgan fingerprint density at radius 1 is 0.818 bits per heavy atom. The highest BCUT2D eigenvalue weighted by Gasteiger charge is 2.44. The number of nitrogens with one attached hydrogen (secondary N) is 2. The van der Waals surface area contributed by atoms with E-state index in [1.807, 2.05) is 108 Å². The molecule has 4 rings (SSSR count). The average molecular weight is 1080 g/mol. The first-order valence-corrected chi connectivity index (χ1v) is 28.0. The van der Waals surface area contributed by atoms with Gasteiger partial charge in [0, 0.05) is 72.4 Å². The molecule has 4 N–H and O–H groups in total. The number of likely N-dealkylation sites (tertiary alicyclic amines) is 2. The van der Waals surface area contributed by atoms with Crippen LogP contribution in [0, 0.1) is 29.6 Å². The van der Waals surface area contributed by atoms with Crippen molar-refractivity contribution < 1.29 is 53.2 Å². The lowest BCUT2D eigenvalue weighted by molar-refractivity contribution is -0.148. The van der Waals surface area contributed by atoms with Crippen molar-refractivity contribution in [2.45, 2.75) is 175 Å². The number of imide groups is 1. The third-order valence-electron chi connectivity index (χ3n) is 16.0. The van der Waals surface area contributed by atoms with Crippen molar-refractivity contribution in [1.82, 2.24) is 30.2 Å². The molecule has 10 atom stereocenters. The van der Waals surface area contributed by atoms with Gasteiger partial charge in [-0.3, -0.25) is 43.4 Å². The molecule has 2 aliphatic rings. The first-order valence-electron chi connectivity index (χ1n) is 28.0. The van der Waals surface area contributed by atoms with Crippen LogP contribution in [0.4, 0.5) is 5.69 Å². The molecule has 0 bridgehead atoms. The maximum absolute atomic E-state index is 14.7. The zero-order chi connectivity index (χ0) is 57.3. The summed E-state index contributed by atoms with van der Waals surface area (Å²) in [6.45, 7) is 16.7. The highest BCUT2D eigenvalue weighted by molar-refractivity contribution is 6.03. The fourth-order valence-electron chi connectivity index (χ4n) is 11.2. The van der Waals surface area contributed by atoms with Gasteiger partial charge in [-0.05, 0) is 86.6 Å². The highest BCUT2D eigenvalue weighted by Crippen LogP contribution is 2.30. The molecular formula is C59H93N7O11. The van der Waals surface area contributed by atoms with E-state index in [2.05, 4.69) is 10.6 Å². The van der Waals surface area contributed by atoms with Gasteiger partial charge in [0.05, 0.1) is 48.7 Å². The minimum Gasteiger partial charge on any atom is -0.379 e. The molecule has 2 fully saturated rings. The van der Waals surface area contributed by atoms with Crippen LogP contribution in [0.2, 0.25) is 0 Å². The number of carbonyl (C=O) groups excluding carboxylic acids is 7. The summed E-state index contributed by atoms with van der Waals surface area (Å²) in [7, 11) is 8.42. The number of likely N-dealkylation sites (N-methyl/N-ethyl adjacent to an activating group) is 2. The number of benzene rings is 2. The van der Waals surface area contributed by atoms with Crippen LogP contribution in [-0.2, 0) is 55.9 Å². The van der Waals surface area contributed by atoms with Crippen molar-refractivity contribution in [2.75, 3.05) is 59.9 Å². The van der Waals surface area contributed by atoms with E-state index in [0.29, 0.717) is 64.6 Å². The van der Waals surface area contributed by atoms with Gasteiger partial charge in [-0.2, -0.15) is 0 Å². The molecule has 2 aliphatic heterocycles. The predicted molar refractivity (Wildman–Crippen MR) is 297 cm³/mol. The third kappa shape index (κ3) is 17.6. The first-order chi connectivity index (χ1) is 36.5. The minimum atomic E-state index is -1.80. The Balaban J connectivity index is 1.36. The molecule has 0 saturated carbocycles. The largest absolute Gasteiger partial charge is 0.379 e. The van der Waals surface area contributed by atoms with Gasteiger partial charge in [-0.1, -0.05) is 111 Å². The zero-order valence-electron chi connectivity index (χ0n) is 48.4. The van der Waals surface area contributed by atoms with E-state index in [4.69, 9.17) is 9.47 Å². The minimum absolute atomic E-state index is 0.0189. The number of anilines is 1. The Hall–Kier alpha value is -5.27. The molecule has 18 heteroatoms. The lowest BCUT2D eigenvalue weighted by atomic mass is 9.89. The Morgan fingerprint density at radius 3 is 2.04 bits per heavy atom. The Morgan fingerprint density at radius 2 is 1.48 bits per heavy atom. The molecule has 0 spiro atoms. The molecule has 2 heterocycles. The first kappa shape index (κ1) is 64.3. The van der Waals surface area contributed by atoms with E-state index in [0.717, 1.165) is 23.2 Å². The number of hydrogen-bond donors (Lipinski definition) is 4. The number of unbranched alkanes of at least 4 members (excludes halogenated alkanes) is 2. The molecule has 2 aromatic rings. The van der Waals surface area contributed by atoms with Crippen molar-refractivity contribution in [3.05, 3.63) is 65.7 Å². The maximum Gasteiger partial charge on any atom is 0.245 e. The van der Waals surface area contributed by atoms with E-state index >= 15 is 0 Å². The summed E-state index contributed by atoms with van der Waals surface area (Å²) in [6, 6.07) is 13.7. The Kier molecular flexibility index (Phi) is 25.7. The van der Waals surface area contributed by atoms with Gasteiger partial charge >= 0.3 is 0 Å². The maximum atomic E-state index is 14.7. The van der Waals surface area contributed by atoms with E-state index < -0.39 is 60.5 Å². The van der Waals surface area contributed by atoms with E-state index in [9.17, 15) is 43.8 Å². The second-order valence-electron chi connectivity index (χ2n) is 22.4. The molecule has 7 amide bonds. The fourth-order valence-corrected chi connectivity index (χ4v) is 11.2. The summed E-state index contributed by atoms with van der Waals surface area (Å²) >= 11 is 0. The summed E-state index contributed by atoms with van der Waals surface area (Å²) in [5.74, 6) is -2.90. The zero-order valence-corrected chi connectivity index (χ0v) is 48.4. The van der Waals surface area contributed by atoms with Crippen LogP contribution in [0.1, 0.15) is 124 Å². The number of hydrogen-bond acceptors (Lipinski definition) is 12. The molecule has 2 aromatic carbocycles. The number of amides is 7. The van der Waals surface area contributed by atoms with Gasteiger partial charge < -0.3 is 45.0 Å². The number of carbonyl (C=O) groups is 7. The van der Waals surface area contributed by atoms with Gasteiger partial charge in [-0.25, -0.2) is 0 Å². The Bertz CT molecular complexity index is 2230. The molecule has 2 saturated heterocycles. The van der Waals surface area contributed by atoms with Gasteiger partial charge in [-0.15, -0.1) is 0 Å². The van der Waals surface area contributed by atoms with Gasteiger partial charge in [0.15, 0.2) is 6.29 Å². The van der Waals surface area contributed by atoms with Crippen LogP contribution < -0.4 is 15.5 Å². The van der Waals surface area contributed by atoms with Crippen molar-refractivity contribution >= 4 is 47.0 Å². The second-order valence-corrected chi connectivity index (χ2v) is 22.4. The van der Waals surface area contributed by atoms with Gasteiger partial charge in [0.2, 0.25) is 41.4 Å².